The van der Waals surface area contributed by atoms with Gasteiger partial charge in [0.2, 0.25) is 0 Å². The van der Waals surface area contributed by atoms with Gasteiger partial charge in [0.1, 0.15) is 0 Å². The summed E-state index contributed by atoms with van der Waals surface area (Å²) in [5, 5.41) is 5.44. The molecule has 21 heavy (non-hydrogen) atoms. The van der Waals surface area contributed by atoms with E-state index in [2.05, 4.69) is 36.0 Å². The minimum absolute atomic E-state index is 0.423. The number of fused-ring (bicyclic) bond motifs is 1. The van der Waals surface area contributed by atoms with Gasteiger partial charge in [-0.25, -0.2) is 0 Å². The van der Waals surface area contributed by atoms with E-state index in [1.165, 1.54) is 0 Å². The molecule has 1 aromatic heterocycles. The second-order valence-electron chi connectivity index (χ2n) is 5.38. The van der Waals surface area contributed by atoms with E-state index in [1.807, 2.05) is 30.5 Å². The number of hydrogen-bond acceptors (Lipinski definition) is 3. The molecule has 2 aromatic rings. The van der Waals surface area contributed by atoms with Crippen LogP contribution in [0.4, 0.5) is 5.69 Å². The Labute approximate surface area is 132 Å². The molecule has 2 rings (SSSR count). The highest BCUT2D eigenvalue weighted by Crippen LogP contribution is 2.25. The molecule has 4 heteroatoms. The van der Waals surface area contributed by atoms with Crippen LogP contribution in [0.1, 0.15) is 27.2 Å². The zero-order chi connectivity index (χ0) is 15.2. The molecule has 0 spiro atoms. The van der Waals surface area contributed by atoms with Gasteiger partial charge in [-0.15, -0.1) is 0 Å². The van der Waals surface area contributed by atoms with Crippen LogP contribution in [0, 0.1) is 0 Å². The Hall–Kier alpha value is -1.32. The molecule has 1 aromatic carbocycles. The largest absolute Gasteiger partial charge is 0.382 e. The molecule has 0 aliphatic rings. The summed E-state index contributed by atoms with van der Waals surface area (Å²) in [6.07, 6.45) is 2.96. The van der Waals surface area contributed by atoms with Crippen molar-refractivity contribution in [2.45, 2.75) is 33.2 Å². The van der Waals surface area contributed by atoms with Crippen molar-refractivity contribution in [3.05, 3.63) is 35.5 Å². The minimum Gasteiger partial charge on any atom is -0.382 e. The fraction of sp³-hybridized carbons (Fsp3) is 0.471. The third kappa shape index (κ3) is 4.32. The molecule has 0 fully saturated rings. The van der Waals surface area contributed by atoms with Gasteiger partial charge in [-0.3, -0.25) is 4.98 Å². The number of benzene rings is 1. The Morgan fingerprint density at radius 1 is 1.24 bits per heavy atom. The molecule has 0 bridgehead atoms. The van der Waals surface area contributed by atoms with Crippen LogP contribution < -0.4 is 5.32 Å². The van der Waals surface area contributed by atoms with Crippen molar-refractivity contribution < 1.29 is 0 Å². The van der Waals surface area contributed by atoms with Gasteiger partial charge in [-0.05, 0) is 50.7 Å². The molecule has 0 saturated carbocycles. The highest BCUT2D eigenvalue weighted by Gasteiger charge is 2.08. The van der Waals surface area contributed by atoms with Crippen molar-refractivity contribution in [1.82, 2.24) is 9.88 Å². The van der Waals surface area contributed by atoms with Gasteiger partial charge in [-0.2, -0.15) is 0 Å². The fourth-order valence-corrected chi connectivity index (χ4v) is 2.67. The molecule has 1 atom stereocenters. The van der Waals surface area contributed by atoms with Crippen LogP contribution in [0.15, 0.2) is 30.5 Å². The third-order valence-corrected chi connectivity index (χ3v) is 4.11. The summed E-state index contributed by atoms with van der Waals surface area (Å²) in [5.41, 5.74) is 2.06. The van der Waals surface area contributed by atoms with Crippen LogP contribution in [0.25, 0.3) is 10.9 Å². The first-order valence-electron chi connectivity index (χ1n) is 7.67. The van der Waals surface area contributed by atoms with E-state index in [1.54, 1.807) is 0 Å². The Morgan fingerprint density at radius 2 is 2.00 bits per heavy atom. The normalized spacial score (nSPS) is 12.8. The summed E-state index contributed by atoms with van der Waals surface area (Å²) in [7, 11) is 0. The van der Waals surface area contributed by atoms with Gasteiger partial charge in [-0.1, -0.05) is 25.4 Å². The molecule has 0 amide bonds. The predicted octanol–water partition coefficient (Wildman–Crippen LogP) is 4.42. The lowest BCUT2D eigenvalue weighted by Crippen LogP contribution is -2.28. The molecule has 1 N–H and O–H groups in total. The maximum absolute atomic E-state index is 6.03. The van der Waals surface area contributed by atoms with E-state index in [4.69, 9.17) is 11.6 Å². The van der Waals surface area contributed by atoms with Gasteiger partial charge < -0.3 is 10.2 Å². The Bertz CT molecular complexity index is 581. The topological polar surface area (TPSA) is 28.2 Å². The van der Waals surface area contributed by atoms with E-state index in [0.29, 0.717) is 6.04 Å². The van der Waals surface area contributed by atoms with Gasteiger partial charge in [0.05, 0.1) is 5.52 Å². The first kappa shape index (κ1) is 16.1. The molecule has 0 radical (unpaired) electrons. The SMILES string of the molecule is CCN(CC)CCC(C)Nc1ccnc2cc(Cl)ccc12. The standard InChI is InChI=1S/C17H24ClN3/c1-4-21(5-2)11-9-13(3)20-16-8-10-19-17-12-14(18)6-7-15(16)17/h6-8,10,12-13H,4-5,9,11H2,1-3H3,(H,19,20). The lowest BCUT2D eigenvalue weighted by molar-refractivity contribution is 0.295. The molecular formula is C17H24ClN3. The van der Waals surface area contributed by atoms with Crippen LogP contribution in [0.2, 0.25) is 5.02 Å². The first-order chi connectivity index (χ1) is 10.1. The van der Waals surface area contributed by atoms with E-state index in [-0.39, 0.29) is 0 Å². The zero-order valence-corrected chi connectivity index (χ0v) is 13.8. The third-order valence-electron chi connectivity index (χ3n) is 3.88. The van der Waals surface area contributed by atoms with Gasteiger partial charge in [0.15, 0.2) is 0 Å². The van der Waals surface area contributed by atoms with Crippen LogP contribution in [-0.2, 0) is 0 Å². The maximum atomic E-state index is 6.03. The smallest absolute Gasteiger partial charge is 0.0737 e. The second kappa shape index (κ2) is 7.62. The summed E-state index contributed by atoms with van der Waals surface area (Å²) >= 11 is 6.03. The number of nitrogens with one attached hydrogen (secondary N) is 1. The number of pyridine rings is 1. The Morgan fingerprint density at radius 3 is 2.71 bits per heavy atom. The molecule has 0 aliphatic heterocycles. The van der Waals surface area contributed by atoms with Crippen molar-refractivity contribution in [2.75, 3.05) is 25.0 Å². The highest BCUT2D eigenvalue weighted by atomic mass is 35.5. The maximum Gasteiger partial charge on any atom is 0.0737 e. The number of aromatic nitrogens is 1. The molecule has 0 saturated heterocycles. The predicted molar refractivity (Wildman–Crippen MR) is 92.2 cm³/mol. The van der Waals surface area contributed by atoms with Crippen molar-refractivity contribution >= 4 is 28.2 Å². The van der Waals surface area contributed by atoms with Gasteiger partial charge in [0, 0.05) is 34.9 Å². The molecule has 3 nitrogen and oxygen atoms in total. The monoisotopic (exact) mass is 305 g/mol. The zero-order valence-electron chi connectivity index (χ0n) is 13.1. The van der Waals surface area contributed by atoms with Crippen molar-refractivity contribution in [3.63, 3.8) is 0 Å². The lowest BCUT2D eigenvalue weighted by atomic mass is 10.1. The number of hydrogen-bond donors (Lipinski definition) is 1. The number of anilines is 1. The summed E-state index contributed by atoms with van der Waals surface area (Å²) in [6, 6.07) is 8.31. The Balaban J connectivity index is 2.05. The van der Waals surface area contributed by atoms with Crippen molar-refractivity contribution in [2.24, 2.45) is 0 Å². The van der Waals surface area contributed by atoms with Crippen molar-refractivity contribution in [3.8, 4) is 0 Å². The van der Waals surface area contributed by atoms with Gasteiger partial charge in [0.25, 0.3) is 0 Å². The summed E-state index contributed by atoms with van der Waals surface area (Å²) < 4.78 is 0. The van der Waals surface area contributed by atoms with Crippen LogP contribution in [0.3, 0.4) is 0 Å². The van der Waals surface area contributed by atoms with Crippen molar-refractivity contribution in [1.29, 1.82) is 0 Å². The fourth-order valence-electron chi connectivity index (χ4n) is 2.50. The van der Waals surface area contributed by atoms with E-state index < -0.39 is 0 Å². The number of halogens is 1. The number of rotatable bonds is 7. The molecular weight excluding hydrogens is 282 g/mol. The van der Waals surface area contributed by atoms with Crippen LogP contribution in [0.5, 0.6) is 0 Å². The quantitative estimate of drug-likeness (QED) is 0.820. The van der Waals surface area contributed by atoms with E-state index in [9.17, 15) is 0 Å². The minimum atomic E-state index is 0.423. The molecule has 1 unspecified atom stereocenters. The average molecular weight is 306 g/mol. The molecule has 1 heterocycles. The number of nitrogens with zero attached hydrogens (tertiary/aromatic N) is 2. The van der Waals surface area contributed by atoms with Gasteiger partial charge >= 0.3 is 0 Å². The summed E-state index contributed by atoms with van der Waals surface area (Å²) in [6.45, 7) is 9.99. The summed E-state index contributed by atoms with van der Waals surface area (Å²) in [5.74, 6) is 0. The first-order valence-corrected chi connectivity index (χ1v) is 8.05. The van der Waals surface area contributed by atoms with Crippen LogP contribution >= 0.6 is 11.6 Å². The lowest BCUT2D eigenvalue weighted by Gasteiger charge is -2.22. The highest BCUT2D eigenvalue weighted by molar-refractivity contribution is 6.31. The van der Waals surface area contributed by atoms with E-state index in [0.717, 1.165) is 47.7 Å². The average Bonchev–Trinajstić information content (AvgIpc) is 2.48. The van der Waals surface area contributed by atoms with Crippen LogP contribution in [-0.4, -0.2) is 35.6 Å². The molecule has 0 aliphatic carbocycles. The Kier molecular flexibility index (Phi) is 5.83. The second-order valence-corrected chi connectivity index (χ2v) is 5.82. The molecule has 114 valence electrons. The van der Waals surface area contributed by atoms with E-state index >= 15 is 0 Å². The summed E-state index contributed by atoms with van der Waals surface area (Å²) in [4.78, 5) is 6.83.